The molecule has 3 heterocycles. The molecular weight excluding hydrogens is 414 g/mol. The van der Waals surface area contributed by atoms with E-state index < -0.39 is 23.6 Å². The monoisotopic (exact) mass is 435 g/mol. The number of aromatic nitrogens is 3. The third-order valence-corrected chi connectivity index (χ3v) is 5.36. The average molecular weight is 435 g/mol. The number of carbonyl (C=O) groups is 1. The Bertz CT molecular complexity index is 1110. The van der Waals surface area contributed by atoms with E-state index in [0.717, 1.165) is 24.6 Å². The van der Waals surface area contributed by atoms with Gasteiger partial charge in [-0.25, -0.2) is 13.9 Å². The second kappa shape index (κ2) is 8.16. The number of nitrogens with one attached hydrogen (secondary N) is 1. The first-order valence-electron chi connectivity index (χ1n) is 10.1. The standard InChI is InChI=1S/C21H21F4N5O/c1-2-8-26-20(31)15-12-27-30-10-7-18(28-19(15)30)29-9-3-4-17(29)14-11-13(22)5-6-16(14)21(23,24)25/h5-7,10-12,17H,2-4,8-9H2,1H3,(H,26,31). The molecule has 6 nitrogen and oxygen atoms in total. The van der Waals surface area contributed by atoms with Crippen molar-refractivity contribution < 1.29 is 22.4 Å². The van der Waals surface area contributed by atoms with Crippen LogP contribution in [0.3, 0.4) is 0 Å². The molecule has 1 saturated heterocycles. The first kappa shape index (κ1) is 21.1. The van der Waals surface area contributed by atoms with Gasteiger partial charge in [-0.2, -0.15) is 18.3 Å². The predicted octanol–water partition coefficient (Wildman–Crippen LogP) is 4.37. The van der Waals surface area contributed by atoms with E-state index in [-0.39, 0.29) is 17.0 Å². The number of rotatable bonds is 5. The smallest absolute Gasteiger partial charge is 0.352 e. The Morgan fingerprint density at radius 1 is 1.29 bits per heavy atom. The van der Waals surface area contributed by atoms with E-state index in [1.807, 2.05) is 6.92 Å². The van der Waals surface area contributed by atoms with Crippen molar-refractivity contribution in [1.82, 2.24) is 19.9 Å². The highest BCUT2D eigenvalue weighted by Crippen LogP contribution is 2.42. The lowest BCUT2D eigenvalue weighted by atomic mass is 9.97. The summed E-state index contributed by atoms with van der Waals surface area (Å²) in [5, 5.41) is 6.90. The highest BCUT2D eigenvalue weighted by molar-refractivity contribution is 5.99. The summed E-state index contributed by atoms with van der Waals surface area (Å²) in [6.45, 7) is 2.90. The molecule has 0 saturated carbocycles. The van der Waals surface area contributed by atoms with E-state index in [1.54, 1.807) is 17.2 Å². The van der Waals surface area contributed by atoms with Gasteiger partial charge in [-0.15, -0.1) is 0 Å². The van der Waals surface area contributed by atoms with Crippen LogP contribution >= 0.6 is 0 Å². The van der Waals surface area contributed by atoms with Crippen LogP contribution in [-0.4, -0.2) is 33.6 Å². The highest BCUT2D eigenvalue weighted by Gasteiger charge is 2.38. The summed E-state index contributed by atoms with van der Waals surface area (Å²) in [6.07, 6.45) is 0.267. The fourth-order valence-corrected chi connectivity index (χ4v) is 3.94. The van der Waals surface area contributed by atoms with Gasteiger partial charge in [0, 0.05) is 19.3 Å². The third-order valence-electron chi connectivity index (χ3n) is 5.36. The SMILES string of the molecule is CCCNC(=O)c1cnn2ccc(N3CCCC3c3cc(F)ccc3C(F)(F)F)nc12. The van der Waals surface area contributed by atoms with Gasteiger partial charge < -0.3 is 10.2 Å². The van der Waals surface area contributed by atoms with Crippen molar-refractivity contribution in [3.05, 3.63) is 59.2 Å². The minimum absolute atomic E-state index is 0.110. The van der Waals surface area contributed by atoms with Gasteiger partial charge in [0.1, 0.15) is 17.2 Å². The second-order valence-electron chi connectivity index (χ2n) is 7.45. The lowest BCUT2D eigenvalue weighted by Crippen LogP contribution is -2.26. The number of benzene rings is 1. The number of amides is 1. The number of hydrogen-bond donors (Lipinski definition) is 1. The van der Waals surface area contributed by atoms with Crippen LogP contribution in [0.1, 0.15) is 53.7 Å². The van der Waals surface area contributed by atoms with Crippen LogP contribution in [0.4, 0.5) is 23.4 Å². The summed E-state index contributed by atoms with van der Waals surface area (Å²) >= 11 is 0. The minimum atomic E-state index is -4.59. The molecule has 1 amide bonds. The Kier molecular flexibility index (Phi) is 5.55. The molecule has 3 aromatic rings. The molecule has 1 aliphatic heterocycles. The van der Waals surface area contributed by atoms with E-state index in [9.17, 15) is 22.4 Å². The Labute approximate surface area is 175 Å². The van der Waals surface area contributed by atoms with E-state index in [4.69, 9.17) is 0 Å². The van der Waals surface area contributed by atoms with Crippen molar-refractivity contribution in [3.8, 4) is 0 Å². The largest absolute Gasteiger partial charge is 0.416 e. The van der Waals surface area contributed by atoms with Crippen molar-refractivity contribution in [2.45, 2.75) is 38.4 Å². The van der Waals surface area contributed by atoms with E-state index in [2.05, 4.69) is 15.4 Å². The summed E-state index contributed by atoms with van der Waals surface area (Å²) in [6, 6.07) is 3.52. The zero-order valence-electron chi connectivity index (χ0n) is 16.8. The van der Waals surface area contributed by atoms with Gasteiger partial charge in [0.05, 0.1) is 17.8 Å². The van der Waals surface area contributed by atoms with Crippen LogP contribution in [0.5, 0.6) is 0 Å². The maximum atomic E-state index is 13.9. The third kappa shape index (κ3) is 4.06. The topological polar surface area (TPSA) is 62.5 Å². The van der Waals surface area contributed by atoms with Crippen molar-refractivity contribution >= 4 is 17.4 Å². The molecule has 1 atom stereocenters. The highest BCUT2D eigenvalue weighted by atomic mass is 19.4. The van der Waals surface area contributed by atoms with E-state index in [1.165, 1.54) is 10.7 Å². The molecule has 1 aliphatic rings. The zero-order valence-corrected chi connectivity index (χ0v) is 16.8. The Morgan fingerprint density at radius 3 is 2.84 bits per heavy atom. The van der Waals surface area contributed by atoms with Crippen molar-refractivity contribution in [2.24, 2.45) is 0 Å². The molecule has 0 aliphatic carbocycles. The Morgan fingerprint density at radius 2 is 2.10 bits per heavy atom. The van der Waals surface area contributed by atoms with Crippen LogP contribution in [0, 0.1) is 5.82 Å². The summed E-state index contributed by atoms with van der Waals surface area (Å²) in [7, 11) is 0. The van der Waals surface area contributed by atoms with Gasteiger partial charge in [-0.05, 0) is 49.1 Å². The number of nitrogens with zero attached hydrogens (tertiary/aromatic N) is 4. The van der Waals surface area contributed by atoms with Crippen molar-refractivity contribution in [2.75, 3.05) is 18.0 Å². The van der Waals surface area contributed by atoms with E-state index >= 15 is 0 Å². The number of alkyl halides is 3. The van der Waals surface area contributed by atoms with Crippen LogP contribution < -0.4 is 10.2 Å². The fourth-order valence-electron chi connectivity index (χ4n) is 3.94. The molecule has 164 valence electrons. The normalized spacial score (nSPS) is 16.8. The minimum Gasteiger partial charge on any atom is -0.352 e. The number of carbonyl (C=O) groups excluding carboxylic acids is 1. The maximum absolute atomic E-state index is 13.9. The number of fused-ring (bicyclic) bond motifs is 1. The molecule has 10 heteroatoms. The molecule has 0 spiro atoms. The molecule has 31 heavy (non-hydrogen) atoms. The van der Waals surface area contributed by atoms with Crippen molar-refractivity contribution in [1.29, 1.82) is 0 Å². The quantitative estimate of drug-likeness (QED) is 0.605. The van der Waals surface area contributed by atoms with Gasteiger partial charge in [0.15, 0.2) is 5.65 Å². The van der Waals surface area contributed by atoms with Gasteiger partial charge in [-0.3, -0.25) is 4.79 Å². The molecule has 2 aromatic heterocycles. The van der Waals surface area contributed by atoms with Crippen LogP contribution in [0.15, 0.2) is 36.7 Å². The molecule has 1 aromatic carbocycles. The second-order valence-corrected chi connectivity index (χ2v) is 7.45. The molecular formula is C21H21F4N5O. The van der Waals surface area contributed by atoms with Crippen LogP contribution in [-0.2, 0) is 6.18 Å². The molecule has 4 rings (SSSR count). The Hall–Kier alpha value is -3.17. The molecule has 0 bridgehead atoms. The predicted molar refractivity (Wildman–Crippen MR) is 106 cm³/mol. The molecule has 1 N–H and O–H groups in total. The Balaban J connectivity index is 1.73. The van der Waals surface area contributed by atoms with Crippen LogP contribution in [0.2, 0.25) is 0 Å². The molecule has 1 unspecified atom stereocenters. The number of anilines is 1. The lowest BCUT2D eigenvalue weighted by Gasteiger charge is -2.28. The summed E-state index contributed by atoms with van der Waals surface area (Å²) in [5.74, 6) is -0.620. The zero-order chi connectivity index (χ0) is 22.2. The van der Waals surface area contributed by atoms with Crippen LogP contribution in [0.25, 0.3) is 5.65 Å². The van der Waals surface area contributed by atoms with Crippen molar-refractivity contribution in [3.63, 3.8) is 0 Å². The summed E-state index contributed by atoms with van der Waals surface area (Å²) < 4.78 is 56.0. The van der Waals surface area contributed by atoms with Gasteiger partial charge >= 0.3 is 6.18 Å². The lowest BCUT2D eigenvalue weighted by molar-refractivity contribution is -0.138. The summed E-state index contributed by atoms with van der Waals surface area (Å²) in [5.41, 5.74) is -0.364. The first-order chi connectivity index (χ1) is 14.8. The van der Waals surface area contributed by atoms with Gasteiger partial charge in [0.2, 0.25) is 0 Å². The average Bonchev–Trinajstić information content (AvgIpc) is 3.37. The van der Waals surface area contributed by atoms with Gasteiger partial charge in [0.25, 0.3) is 5.91 Å². The van der Waals surface area contributed by atoms with E-state index in [0.29, 0.717) is 37.4 Å². The van der Waals surface area contributed by atoms with Gasteiger partial charge in [-0.1, -0.05) is 6.92 Å². The number of halogens is 4. The maximum Gasteiger partial charge on any atom is 0.416 e. The summed E-state index contributed by atoms with van der Waals surface area (Å²) in [4.78, 5) is 18.7. The molecule has 0 radical (unpaired) electrons. The first-order valence-corrected chi connectivity index (χ1v) is 10.1. The number of hydrogen-bond acceptors (Lipinski definition) is 4. The fraction of sp³-hybridized carbons (Fsp3) is 0.381. The molecule has 1 fully saturated rings.